The smallest absolute Gasteiger partial charge is 0.280 e. The Hall–Kier alpha value is -1.99. The van der Waals surface area contributed by atoms with Crippen LogP contribution in [0.4, 0.5) is 0 Å². The first-order valence-electron chi connectivity index (χ1n) is 8.03. The van der Waals surface area contributed by atoms with Crippen LogP contribution in [0.25, 0.3) is 0 Å². The number of amides is 1. The molecule has 0 aliphatic carbocycles. The minimum Gasteiger partial charge on any atom is -0.488 e. The Morgan fingerprint density at radius 3 is 2.48 bits per heavy atom. The highest BCUT2D eigenvalue weighted by Gasteiger charge is 2.21. The minimum atomic E-state index is -0.351. The zero-order valence-corrected chi connectivity index (χ0v) is 17.1. The van der Waals surface area contributed by atoms with Gasteiger partial charge in [-0.05, 0) is 31.2 Å². The van der Waals surface area contributed by atoms with Gasteiger partial charge in [0.15, 0.2) is 6.79 Å². The maximum absolute atomic E-state index is 12.6. The minimum absolute atomic E-state index is 0.0779. The molecule has 0 N–H and O–H groups in total. The van der Waals surface area contributed by atoms with Crippen LogP contribution in [0, 0.1) is 6.92 Å². The van der Waals surface area contributed by atoms with Gasteiger partial charge in [0.1, 0.15) is 18.1 Å². The molecule has 0 unspecified atom stereocenters. The van der Waals surface area contributed by atoms with Crippen molar-refractivity contribution in [2.45, 2.75) is 13.5 Å². The molecule has 0 heterocycles. The van der Waals surface area contributed by atoms with Gasteiger partial charge >= 0.3 is 0 Å². The van der Waals surface area contributed by atoms with Crippen LogP contribution < -0.4 is 9.47 Å². The Morgan fingerprint density at radius 1 is 1.11 bits per heavy atom. The SMILES string of the molecule is COCOc1ccc(C(=O)N(C)OC)c(OCc2ccc(Cl)cc2Cl)c1C. The van der Waals surface area contributed by atoms with Crippen molar-refractivity contribution in [2.24, 2.45) is 0 Å². The van der Waals surface area contributed by atoms with Crippen molar-refractivity contribution in [1.82, 2.24) is 5.06 Å². The van der Waals surface area contributed by atoms with E-state index in [0.29, 0.717) is 32.7 Å². The normalized spacial score (nSPS) is 10.6. The molecule has 0 aliphatic heterocycles. The largest absolute Gasteiger partial charge is 0.488 e. The van der Waals surface area contributed by atoms with Crippen molar-refractivity contribution in [3.8, 4) is 11.5 Å². The number of rotatable bonds is 8. The number of methoxy groups -OCH3 is 1. The van der Waals surface area contributed by atoms with Crippen molar-refractivity contribution >= 4 is 29.1 Å². The molecule has 0 aliphatic rings. The van der Waals surface area contributed by atoms with E-state index < -0.39 is 0 Å². The predicted octanol–water partition coefficient (Wildman–Crippen LogP) is 4.50. The summed E-state index contributed by atoms with van der Waals surface area (Å²) in [6, 6.07) is 8.44. The second kappa shape index (κ2) is 9.80. The van der Waals surface area contributed by atoms with Crippen LogP contribution in [-0.2, 0) is 16.2 Å². The van der Waals surface area contributed by atoms with E-state index in [1.807, 2.05) is 0 Å². The van der Waals surface area contributed by atoms with E-state index >= 15 is 0 Å². The number of hydroxylamine groups is 2. The van der Waals surface area contributed by atoms with Crippen molar-refractivity contribution in [2.75, 3.05) is 28.1 Å². The molecule has 0 radical (unpaired) electrons. The van der Waals surface area contributed by atoms with Crippen LogP contribution in [0.15, 0.2) is 30.3 Å². The molecule has 2 aromatic rings. The molecule has 0 fully saturated rings. The van der Waals surface area contributed by atoms with Crippen LogP contribution in [0.2, 0.25) is 10.0 Å². The summed E-state index contributed by atoms with van der Waals surface area (Å²) in [6.45, 7) is 2.03. The lowest BCUT2D eigenvalue weighted by atomic mass is 10.1. The molecule has 0 saturated heterocycles. The third-order valence-electron chi connectivity index (χ3n) is 3.87. The third-order valence-corrected chi connectivity index (χ3v) is 4.45. The molecule has 146 valence electrons. The maximum Gasteiger partial charge on any atom is 0.280 e. The first kappa shape index (κ1) is 21.3. The van der Waals surface area contributed by atoms with Gasteiger partial charge in [-0.15, -0.1) is 0 Å². The molecular formula is C19H21Cl2NO5. The number of carbonyl (C=O) groups is 1. The van der Waals surface area contributed by atoms with E-state index in [9.17, 15) is 4.79 Å². The summed E-state index contributed by atoms with van der Waals surface area (Å²) in [6.07, 6.45) is 0. The Kier molecular flexibility index (Phi) is 7.74. The van der Waals surface area contributed by atoms with Gasteiger partial charge < -0.3 is 14.2 Å². The molecule has 6 nitrogen and oxygen atoms in total. The fourth-order valence-corrected chi connectivity index (χ4v) is 2.81. The predicted molar refractivity (Wildman–Crippen MR) is 104 cm³/mol. The van der Waals surface area contributed by atoms with Crippen LogP contribution in [-0.4, -0.2) is 39.0 Å². The lowest BCUT2D eigenvalue weighted by Crippen LogP contribution is -2.26. The zero-order valence-electron chi connectivity index (χ0n) is 15.5. The van der Waals surface area contributed by atoms with Gasteiger partial charge in [0.2, 0.25) is 0 Å². The molecule has 0 atom stereocenters. The number of nitrogens with zero attached hydrogens (tertiary/aromatic N) is 1. The highest BCUT2D eigenvalue weighted by molar-refractivity contribution is 6.35. The second-order valence-electron chi connectivity index (χ2n) is 5.63. The summed E-state index contributed by atoms with van der Waals surface area (Å²) in [7, 11) is 4.46. The first-order chi connectivity index (χ1) is 12.9. The van der Waals surface area contributed by atoms with Gasteiger partial charge in [-0.25, -0.2) is 5.06 Å². The Labute approximate surface area is 168 Å². The van der Waals surface area contributed by atoms with Gasteiger partial charge in [-0.1, -0.05) is 29.3 Å². The van der Waals surface area contributed by atoms with E-state index in [0.717, 1.165) is 10.6 Å². The van der Waals surface area contributed by atoms with Crippen molar-refractivity contribution in [1.29, 1.82) is 0 Å². The summed E-state index contributed by atoms with van der Waals surface area (Å²) in [5.74, 6) is 0.574. The Morgan fingerprint density at radius 2 is 1.85 bits per heavy atom. The molecule has 0 aromatic heterocycles. The van der Waals surface area contributed by atoms with E-state index in [1.165, 1.54) is 21.3 Å². The standard InChI is InChI=1S/C19H21Cl2NO5/c1-12-17(27-11-24-3)8-7-15(19(23)22(2)25-4)18(12)26-10-13-5-6-14(20)9-16(13)21/h5-9H,10-11H2,1-4H3. The molecule has 1 amide bonds. The first-order valence-corrected chi connectivity index (χ1v) is 8.78. The average Bonchev–Trinajstić information content (AvgIpc) is 2.65. The summed E-state index contributed by atoms with van der Waals surface area (Å²) in [5.41, 5.74) is 1.74. The summed E-state index contributed by atoms with van der Waals surface area (Å²) in [4.78, 5) is 17.6. The fraction of sp³-hybridized carbons (Fsp3) is 0.316. The van der Waals surface area contributed by atoms with Crippen LogP contribution in [0.3, 0.4) is 0 Å². The lowest BCUT2D eigenvalue weighted by molar-refractivity contribution is -0.0758. The number of benzene rings is 2. The fourth-order valence-electron chi connectivity index (χ4n) is 2.35. The van der Waals surface area contributed by atoms with Crippen molar-refractivity contribution in [3.05, 3.63) is 57.1 Å². The van der Waals surface area contributed by atoms with Gasteiger partial charge in [-0.3, -0.25) is 9.63 Å². The molecule has 0 bridgehead atoms. The average molecular weight is 414 g/mol. The molecule has 0 spiro atoms. The highest BCUT2D eigenvalue weighted by atomic mass is 35.5. The lowest BCUT2D eigenvalue weighted by Gasteiger charge is -2.20. The van der Waals surface area contributed by atoms with Crippen molar-refractivity contribution in [3.63, 3.8) is 0 Å². The van der Waals surface area contributed by atoms with Gasteiger partial charge in [0.25, 0.3) is 5.91 Å². The van der Waals surface area contributed by atoms with E-state index in [1.54, 1.807) is 37.3 Å². The number of hydrogen-bond acceptors (Lipinski definition) is 5. The Balaban J connectivity index is 2.38. The van der Waals surface area contributed by atoms with Crippen LogP contribution in [0.1, 0.15) is 21.5 Å². The second-order valence-corrected chi connectivity index (χ2v) is 6.47. The molecular weight excluding hydrogens is 393 g/mol. The van der Waals surface area contributed by atoms with Crippen LogP contribution in [0.5, 0.6) is 11.5 Å². The topological polar surface area (TPSA) is 57.2 Å². The third kappa shape index (κ3) is 5.26. The summed E-state index contributed by atoms with van der Waals surface area (Å²) in [5, 5.41) is 2.13. The van der Waals surface area contributed by atoms with Gasteiger partial charge in [-0.2, -0.15) is 0 Å². The molecule has 0 saturated carbocycles. The van der Waals surface area contributed by atoms with Crippen molar-refractivity contribution < 1.29 is 23.8 Å². The summed E-state index contributed by atoms with van der Waals surface area (Å²) < 4.78 is 16.4. The molecule has 27 heavy (non-hydrogen) atoms. The quantitative estimate of drug-likeness (QED) is 0.471. The number of carbonyl (C=O) groups excluding carboxylic acids is 1. The number of halogens is 2. The molecule has 2 rings (SSSR count). The molecule has 2 aromatic carbocycles. The van der Waals surface area contributed by atoms with Crippen LogP contribution >= 0.6 is 23.2 Å². The van der Waals surface area contributed by atoms with E-state index in [-0.39, 0.29) is 19.3 Å². The van der Waals surface area contributed by atoms with E-state index in [2.05, 4.69) is 0 Å². The van der Waals surface area contributed by atoms with Gasteiger partial charge in [0.05, 0.1) is 12.7 Å². The monoisotopic (exact) mass is 413 g/mol. The van der Waals surface area contributed by atoms with E-state index in [4.69, 9.17) is 42.3 Å². The Bertz CT molecular complexity index is 813. The summed E-state index contributed by atoms with van der Waals surface area (Å²) >= 11 is 12.1. The number of ether oxygens (including phenoxy) is 3. The zero-order chi connectivity index (χ0) is 20.0. The highest BCUT2D eigenvalue weighted by Crippen LogP contribution is 2.34. The van der Waals surface area contributed by atoms with Gasteiger partial charge in [0, 0.05) is 35.3 Å². The maximum atomic E-state index is 12.6. The molecule has 8 heteroatoms. The number of hydrogen-bond donors (Lipinski definition) is 0.